The number of fused-ring (bicyclic) bond motifs is 1. The lowest BCUT2D eigenvalue weighted by Gasteiger charge is -2.31. The molecule has 0 amide bonds. The van der Waals surface area contributed by atoms with E-state index >= 15 is 0 Å². The van der Waals surface area contributed by atoms with E-state index in [2.05, 4.69) is 17.2 Å². The molecule has 0 radical (unpaired) electrons. The second-order valence-corrected chi connectivity index (χ2v) is 5.20. The molecule has 19 heavy (non-hydrogen) atoms. The smallest absolute Gasteiger partial charge is 0.124 e. The molecule has 1 aliphatic rings. The van der Waals surface area contributed by atoms with Gasteiger partial charge in [0.25, 0.3) is 0 Å². The summed E-state index contributed by atoms with van der Waals surface area (Å²) >= 11 is 12.4. The summed E-state index contributed by atoms with van der Waals surface area (Å²) < 4.78 is 0. The van der Waals surface area contributed by atoms with Crippen LogP contribution in [0.4, 0.5) is 5.69 Å². The van der Waals surface area contributed by atoms with Gasteiger partial charge in [0.05, 0.1) is 5.02 Å². The van der Waals surface area contributed by atoms with Crippen LogP contribution in [0.15, 0.2) is 49.0 Å². The predicted molar refractivity (Wildman–Crippen MR) is 81.4 cm³/mol. The average Bonchev–Trinajstić information content (AvgIpc) is 2.39. The fourth-order valence-corrected chi connectivity index (χ4v) is 2.79. The maximum absolute atomic E-state index is 6.23. The first-order valence-corrected chi connectivity index (χ1v) is 6.67. The Kier molecular flexibility index (Phi) is 3.13. The minimum absolute atomic E-state index is 0.104. The van der Waals surface area contributed by atoms with Gasteiger partial charge in [-0.1, -0.05) is 54.0 Å². The van der Waals surface area contributed by atoms with Gasteiger partial charge in [0.15, 0.2) is 0 Å². The van der Waals surface area contributed by atoms with E-state index < -0.39 is 0 Å². The van der Waals surface area contributed by atoms with Crippen LogP contribution < -0.4 is 10.6 Å². The summed E-state index contributed by atoms with van der Waals surface area (Å²) in [7, 11) is 0. The van der Waals surface area contributed by atoms with Gasteiger partial charge in [-0.25, -0.2) is 0 Å². The Bertz CT molecular complexity index is 652. The van der Waals surface area contributed by atoms with Crippen LogP contribution in [-0.2, 0) is 0 Å². The average molecular weight is 291 g/mol. The minimum Gasteiger partial charge on any atom is -0.361 e. The summed E-state index contributed by atoms with van der Waals surface area (Å²) in [6.07, 6.45) is -0.104. The molecule has 0 aliphatic carbocycles. The third-order valence-electron chi connectivity index (χ3n) is 3.15. The Morgan fingerprint density at radius 3 is 2.42 bits per heavy atom. The molecule has 2 N–H and O–H groups in total. The van der Waals surface area contributed by atoms with Gasteiger partial charge in [0.1, 0.15) is 6.17 Å². The molecule has 2 aromatic carbocycles. The zero-order valence-corrected chi connectivity index (χ0v) is 11.6. The Morgan fingerprint density at radius 2 is 1.63 bits per heavy atom. The number of anilines is 1. The summed E-state index contributed by atoms with van der Waals surface area (Å²) in [5, 5.41) is 8.07. The molecule has 96 valence electrons. The third-order valence-corrected chi connectivity index (χ3v) is 3.81. The molecule has 0 fully saturated rings. The van der Waals surface area contributed by atoms with Crippen molar-refractivity contribution in [2.45, 2.75) is 6.17 Å². The number of nitrogens with one attached hydrogen (secondary N) is 2. The van der Waals surface area contributed by atoms with Crippen LogP contribution in [0.2, 0.25) is 10.0 Å². The Hall–Kier alpha value is -1.64. The highest BCUT2D eigenvalue weighted by Gasteiger charge is 2.23. The van der Waals surface area contributed by atoms with Crippen LogP contribution in [0.25, 0.3) is 5.70 Å². The first kappa shape index (κ1) is 12.4. The zero-order chi connectivity index (χ0) is 13.4. The summed E-state index contributed by atoms with van der Waals surface area (Å²) in [5.41, 5.74) is 3.65. The zero-order valence-electron chi connectivity index (χ0n) is 10.1. The fraction of sp³-hybridized carbons (Fsp3) is 0.0667. The van der Waals surface area contributed by atoms with Crippen molar-refractivity contribution in [1.82, 2.24) is 5.32 Å². The van der Waals surface area contributed by atoms with E-state index in [0.717, 1.165) is 22.5 Å². The molecule has 1 unspecified atom stereocenters. The van der Waals surface area contributed by atoms with Gasteiger partial charge in [-0.2, -0.15) is 0 Å². The number of benzene rings is 2. The van der Waals surface area contributed by atoms with Crippen molar-refractivity contribution in [2.75, 3.05) is 5.32 Å². The lowest BCUT2D eigenvalue weighted by atomic mass is 10.0. The molecule has 1 atom stereocenters. The fourth-order valence-electron chi connectivity index (χ4n) is 2.25. The highest BCUT2D eigenvalue weighted by Crippen LogP contribution is 2.37. The van der Waals surface area contributed by atoms with E-state index in [-0.39, 0.29) is 6.17 Å². The molecule has 4 heteroatoms. The maximum Gasteiger partial charge on any atom is 0.124 e. The Balaban J connectivity index is 2.03. The molecule has 3 rings (SSSR count). The van der Waals surface area contributed by atoms with Crippen molar-refractivity contribution in [2.24, 2.45) is 0 Å². The number of hydrogen-bond donors (Lipinski definition) is 2. The molecular weight excluding hydrogens is 279 g/mol. The van der Waals surface area contributed by atoms with Crippen LogP contribution in [0.3, 0.4) is 0 Å². The van der Waals surface area contributed by atoms with Gasteiger partial charge in [0.2, 0.25) is 0 Å². The first-order valence-electron chi connectivity index (χ1n) is 5.92. The molecule has 0 saturated carbocycles. The van der Waals surface area contributed by atoms with Crippen molar-refractivity contribution in [3.8, 4) is 0 Å². The molecule has 0 aromatic heterocycles. The van der Waals surface area contributed by atoms with Crippen molar-refractivity contribution in [3.63, 3.8) is 0 Å². The lowest BCUT2D eigenvalue weighted by molar-refractivity contribution is 0.704. The molecule has 1 heterocycles. The normalized spacial score (nSPS) is 17.4. The molecule has 2 nitrogen and oxygen atoms in total. The van der Waals surface area contributed by atoms with Gasteiger partial charge < -0.3 is 10.6 Å². The molecule has 2 aromatic rings. The van der Waals surface area contributed by atoms with Crippen LogP contribution >= 0.6 is 23.2 Å². The van der Waals surface area contributed by atoms with Crippen LogP contribution in [0, 0.1) is 0 Å². The molecule has 0 spiro atoms. The maximum atomic E-state index is 6.23. The number of hydrogen-bond acceptors (Lipinski definition) is 2. The van der Waals surface area contributed by atoms with Crippen molar-refractivity contribution >= 4 is 34.6 Å². The van der Waals surface area contributed by atoms with Crippen LogP contribution in [-0.4, -0.2) is 0 Å². The number of halogens is 2. The first-order chi connectivity index (χ1) is 9.16. The Labute approximate surface area is 122 Å². The Morgan fingerprint density at radius 1 is 0.895 bits per heavy atom. The van der Waals surface area contributed by atoms with E-state index in [4.69, 9.17) is 23.2 Å². The second-order valence-electron chi connectivity index (χ2n) is 4.38. The van der Waals surface area contributed by atoms with E-state index in [1.807, 2.05) is 42.5 Å². The summed E-state index contributed by atoms with van der Waals surface area (Å²) in [6.45, 7) is 4.04. The highest BCUT2D eigenvalue weighted by atomic mass is 35.5. The van der Waals surface area contributed by atoms with E-state index in [1.165, 1.54) is 0 Å². The van der Waals surface area contributed by atoms with Gasteiger partial charge in [-0.15, -0.1) is 0 Å². The van der Waals surface area contributed by atoms with Crippen molar-refractivity contribution in [1.29, 1.82) is 0 Å². The standard InChI is InChI=1S/C15H12Cl2N2/c1-9-14-12(17)7-4-8-13(14)19-15(18-9)10-5-2-3-6-11(10)16/h2-8,15,18-19H,1H2. The van der Waals surface area contributed by atoms with Crippen molar-refractivity contribution in [3.05, 3.63) is 70.2 Å². The molecule has 0 saturated heterocycles. The van der Waals surface area contributed by atoms with Crippen molar-refractivity contribution < 1.29 is 0 Å². The van der Waals surface area contributed by atoms with Crippen LogP contribution in [0.1, 0.15) is 17.3 Å². The summed E-state index contributed by atoms with van der Waals surface area (Å²) in [4.78, 5) is 0. The molecular formula is C15H12Cl2N2. The summed E-state index contributed by atoms with van der Waals surface area (Å²) in [5.74, 6) is 0. The summed E-state index contributed by atoms with van der Waals surface area (Å²) in [6, 6.07) is 13.5. The van der Waals surface area contributed by atoms with Gasteiger partial charge in [-0.3, -0.25) is 0 Å². The lowest BCUT2D eigenvalue weighted by Crippen LogP contribution is -2.31. The quantitative estimate of drug-likeness (QED) is 0.797. The monoisotopic (exact) mass is 290 g/mol. The molecule has 0 bridgehead atoms. The van der Waals surface area contributed by atoms with Gasteiger partial charge in [0, 0.05) is 27.5 Å². The largest absolute Gasteiger partial charge is 0.361 e. The topological polar surface area (TPSA) is 24.1 Å². The third kappa shape index (κ3) is 2.18. The second kappa shape index (κ2) is 4.80. The van der Waals surface area contributed by atoms with E-state index in [9.17, 15) is 0 Å². The SMILES string of the molecule is C=C1NC(c2ccccc2Cl)Nc2cccc(Cl)c21. The highest BCUT2D eigenvalue weighted by molar-refractivity contribution is 6.33. The van der Waals surface area contributed by atoms with E-state index in [0.29, 0.717) is 10.0 Å². The van der Waals surface area contributed by atoms with Crippen LogP contribution in [0.5, 0.6) is 0 Å². The van der Waals surface area contributed by atoms with E-state index in [1.54, 1.807) is 0 Å². The number of rotatable bonds is 1. The van der Waals surface area contributed by atoms with Gasteiger partial charge >= 0.3 is 0 Å². The minimum atomic E-state index is -0.104. The predicted octanol–water partition coefficient (Wildman–Crippen LogP) is 4.68. The van der Waals surface area contributed by atoms with Gasteiger partial charge in [-0.05, 0) is 18.2 Å². The molecule has 1 aliphatic heterocycles.